The molecule has 0 amide bonds. The van der Waals surface area contributed by atoms with E-state index in [4.69, 9.17) is 10.1 Å². The maximum Gasteiger partial charge on any atom is 0.416 e. The largest absolute Gasteiger partial charge is 0.465 e. The van der Waals surface area contributed by atoms with Crippen molar-refractivity contribution in [3.05, 3.63) is 29.3 Å². The summed E-state index contributed by atoms with van der Waals surface area (Å²) >= 11 is 0. The summed E-state index contributed by atoms with van der Waals surface area (Å²) in [5.74, 6) is -1.54. The van der Waals surface area contributed by atoms with Gasteiger partial charge in [0, 0.05) is 23.9 Å². The molecule has 0 heterocycles. The number of carbonyl (C=O) groups excluding carboxylic acids is 1. The van der Waals surface area contributed by atoms with Gasteiger partial charge in [-0.05, 0) is 55.9 Å². The maximum atomic E-state index is 13.3. The Bertz CT molecular complexity index is 975. The number of nitrogens with zero attached hydrogens (tertiary/aromatic N) is 1. The second-order valence-electron chi connectivity index (χ2n) is 7.87. The van der Waals surface area contributed by atoms with Crippen molar-refractivity contribution in [2.45, 2.75) is 63.1 Å². The predicted octanol–water partition coefficient (Wildman–Crippen LogP) is 3.93. The van der Waals surface area contributed by atoms with Gasteiger partial charge in [-0.25, -0.2) is 13.1 Å². The average molecular weight is 476 g/mol. The summed E-state index contributed by atoms with van der Waals surface area (Å²) in [4.78, 5) is 15.3. The van der Waals surface area contributed by atoms with Crippen LogP contribution in [0.5, 0.6) is 0 Å². The SMILES string of the molecule is CCOC(=O)CN=C1CCCC(NS(=O)(=O)c2cc(C(C)C)cc(C(F)(F)F)c2)C1C=N. The number of aliphatic imine (C=N–C) groups is 1. The highest BCUT2D eigenvalue weighted by molar-refractivity contribution is 7.89. The van der Waals surface area contributed by atoms with Crippen LogP contribution in [0.4, 0.5) is 13.2 Å². The van der Waals surface area contributed by atoms with E-state index in [0.29, 0.717) is 31.0 Å². The highest BCUT2D eigenvalue weighted by Crippen LogP contribution is 2.34. The molecule has 2 N–H and O–H groups in total. The summed E-state index contributed by atoms with van der Waals surface area (Å²) < 4.78 is 73.3. The van der Waals surface area contributed by atoms with Crippen LogP contribution in [0.15, 0.2) is 28.1 Å². The van der Waals surface area contributed by atoms with Gasteiger partial charge < -0.3 is 10.1 Å². The fraction of sp³-hybridized carbons (Fsp3) is 0.571. The van der Waals surface area contributed by atoms with E-state index in [2.05, 4.69) is 9.71 Å². The van der Waals surface area contributed by atoms with Gasteiger partial charge in [-0.3, -0.25) is 9.79 Å². The molecular weight excluding hydrogens is 447 g/mol. The van der Waals surface area contributed by atoms with E-state index in [9.17, 15) is 26.4 Å². The van der Waals surface area contributed by atoms with Crippen molar-refractivity contribution in [1.29, 1.82) is 5.41 Å². The van der Waals surface area contributed by atoms with Crippen molar-refractivity contribution in [2.24, 2.45) is 10.9 Å². The summed E-state index contributed by atoms with van der Waals surface area (Å²) in [6.07, 6.45) is -2.22. The van der Waals surface area contributed by atoms with Crippen molar-refractivity contribution in [1.82, 2.24) is 4.72 Å². The lowest BCUT2D eigenvalue weighted by Gasteiger charge is -2.31. The Hall–Kier alpha value is -2.27. The van der Waals surface area contributed by atoms with E-state index in [1.54, 1.807) is 20.8 Å². The summed E-state index contributed by atoms with van der Waals surface area (Å²) in [6.45, 7) is 4.98. The average Bonchev–Trinajstić information content (AvgIpc) is 2.71. The first-order valence-corrected chi connectivity index (χ1v) is 11.8. The second-order valence-corrected chi connectivity index (χ2v) is 9.58. The van der Waals surface area contributed by atoms with Crippen molar-refractivity contribution in [3.8, 4) is 0 Å². The fourth-order valence-electron chi connectivity index (χ4n) is 3.52. The van der Waals surface area contributed by atoms with Crippen LogP contribution >= 0.6 is 0 Å². The molecule has 178 valence electrons. The highest BCUT2D eigenvalue weighted by atomic mass is 32.2. The van der Waals surface area contributed by atoms with Gasteiger partial charge >= 0.3 is 12.1 Å². The lowest BCUT2D eigenvalue weighted by Crippen LogP contribution is -2.46. The number of hydrogen-bond donors (Lipinski definition) is 2. The van der Waals surface area contributed by atoms with Crippen LogP contribution in [0.25, 0.3) is 0 Å². The first kappa shape index (κ1) is 26.0. The number of rotatable bonds is 8. The van der Waals surface area contributed by atoms with E-state index < -0.39 is 44.6 Å². The minimum absolute atomic E-state index is 0.204. The van der Waals surface area contributed by atoms with E-state index in [1.807, 2.05) is 0 Å². The molecule has 0 aliphatic heterocycles. The quantitative estimate of drug-likeness (QED) is 0.439. The second kappa shape index (κ2) is 10.6. The molecular formula is C21H28F3N3O4S. The van der Waals surface area contributed by atoms with E-state index >= 15 is 0 Å². The van der Waals surface area contributed by atoms with Crippen LogP contribution in [-0.2, 0) is 25.7 Å². The smallest absolute Gasteiger partial charge is 0.416 e. The molecule has 2 atom stereocenters. The molecule has 0 bridgehead atoms. The fourth-order valence-corrected chi connectivity index (χ4v) is 4.90. The number of ether oxygens (including phenoxy) is 1. The minimum atomic E-state index is -4.69. The highest BCUT2D eigenvalue weighted by Gasteiger charge is 2.35. The van der Waals surface area contributed by atoms with Gasteiger partial charge in [0.05, 0.1) is 17.1 Å². The van der Waals surface area contributed by atoms with Crippen LogP contribution in [0.2, 0.25) is 0 Å². The molecule has 0 spiro atoms. The van der Waals surface area contributed by atoms with E-state index in [-0.39, 0.29) is 24.6 Å². The Labute approximate surface area is 186 Å². The van der Waals surface area contributed by atoms with Gasteiger partial charge in [0.25, 0.3) is 0 Å². The molecule has 0 saturated heterocycles. The third-order valence-corrected chi connectivity index (χ3v) is 6.67. The zero-order valence-corrected chi connectivity index (χ0v) is 19.0. The number of sulfonamides is 1. The molecule has 7 nitrogen and oxygen atoms in total. The molecule has 0 aromatic heterocycles. The lowest BCUT2D eigenvalue weighted by atomic mass is 9.84. The zero-order chi connectivity index (χ0) is 24.1. The summed E-state index contributed by atoms with van der Waals surface area (Å²) in [5.41, 5.74) is -0.295. The van der Waals surface area contributed by atoms with Gasteiger partial charge in [0.1, 0.15) is 6.54 Å². The van der Waals surface area contributed by atoms with Gasteiger partial charge in [-0.2, -0.15) is 13.2 Å². The molecule has 0 radical (unpaired) electrons. The Morgan fingerprint density at radius 3 is 2.59 bits per heavy atom. The Morgan fingerprint density at radius 2 is 2.03 bits per heavy atom. The van der Waals surface area contributed by atoms with Crippen molar-refractivity contribution < 1.29 is 31.1 Å². The van der Waals surface area contributed by atoms with Crippen LogP contribution in [0.3, 0.4) is 0 Å². The topological polar surface area (TPSA) is 109 Å². The molecule has 2 rings (SSSR count). The molecule has 1 fully saturated rings. The molecule has 1 aromatic rings. The normalized spacial score (nSPS) is 21.0. The molecule has 2 unspecified atom stereocenters. The standard InChI is InChI=1S/C21H28F3N3O4S/c1-4-31-20(28)12-26-18-6-5-7-19(17(18)11-25)27-32(29,30)16-9-14(13(2)3)8-15(10-16)21(22,23)24/h8-11,13,17,19,25,27H,4-7,12H2,1-3H3. The van der Waals surface area contributed by atoms with Gasteiger partial charge in [0.2, 0.25) is 10.0 Å². The minimum Gasteiger partial charge on any atom is -0.465 e. The molecule has 1 saturated carbocycles. The monoisotopic (exact) mass is 475 g/mol. The van der Waals surface area contributed by atoms with Crippen LogP contribution in [0.1, 0.15) is 57.1 Å². The summed E-state index contributed by atoms with van der Waals surface area (Å²) in [7, 11) is -4.30. The molecule has 1 aliphatic carbocycles. The Balaban J connectivity index is 2.34. The van der Waals surface area contributed by atoms with Gasteiger partial charge in [-0.1, -0.05) is 13.8 Å². The van der Waals surface area contributed by atoms with E-state index in [1.165, 1.54) is 6.07 Å². The first-order valence-electron chi connectivity index (χ1n) is 10.3. The number of halogens is 3. The number of esters is 1. The lowest BCUT2D eigenvalue weighted by molar-refractivity contribution is -0.141. The van der Waals surface area contributed by atoms with Crippen LogP contribution < -0.4 is 4.72 Å². The summed E-state index contributed by atoms with van der Waals surface area (Å²) in [6, 6.07) is 2.04. The number of carbonyl (C=O) groups is 1. The predicted molar refractivity (Wildman–Crippen MR) is 115 cm³/mol. The molecule has 11 heteroatoms. The molecule has 1 aromatic carbocycles. The number of hydrogen-bond acceptors (Lipinski definition) is 6. The van der Waals surface area contributed by atoms with Crippen molar-refractivity contribution >= 4 is 27.9 Å². The van der Waals surface area contributed by atoms with Gasteiger partial charge in [-0.15, -0.1) is 0 Å². The zero-order valence-electron chi connectivity index (χ0n) is 18.2. The van der Waals surface area contributed by atoms with Crippen molar-refractivity contribution in [3.63, 3.8) is 0 Å². The summed E-state index contributed by atoms with van der Waals surface area (Å²) in [5, 5.41) is 7.74. The van der Waals surface area contributed by atoms with Crippen LogP contribution in [-0.4, -0.2) is 45.5 Å². The number of alkyl halides is 3. The maximum absolute atomic E-state index is 13.3. The first-order chi connectivity index (χ1) is 14.9. The van der Waals surface area contributed by atoms with Crippen LogP contribution in [0, 0.1) is 11.3 Å². The van der Waals surface area contributed by atoms with E-state index in [0.717, 1.165) is 12.3 Å². The Morgan fingerprint density at radius 1 is 1.34 bits per heavy atom. The van der Waals surface area contributed by atoms with Crippen molar-refractivity contribution in [2.75, 3.05) is 13.2 Å². The number of nitrogens with one attached hydrogen (secondary N) is 2. The van der Waals surface area contributed by atoms with Gasteiger partial charge in [0.15, 0.2) is 0 Å². The third-order valence-electron chi connectivity index (χ3n) is 5.20. The Kier molecular flexibility index (Phi) is 8.58. The number of benzene rings is 1. The molecule has 32 heavy (non-hydrogen) atoms. The third kappa shape index (κ3) is 6.61. The molecule has 1 aliphatic rings.